The Bertz CT molecular complexity index is 694. The van der Waals surface area contributed by atoms with Crippen LogP contribution in [-0.4, -0.2) is 18.9 Å². The monoisotopic (exact) mass is 298 g/mol. The quantitative estimate of drug-likeness (QED) is 0.504. The van der Waals surface area contributed by atoms with Gasteiger partial charge in [-0.25, -0.2) is 4.79 Å². The molecule has 114 valence electrons. The maximum Gasteiger partial charge on any atom is 0.337 e. The van der Waals surface area contributed by atoms with Crippen LogP contribution in [0.2, 0.25) is 0 Å². The van der Waals surface area contributed by atoms with Crippen molar-refractivity contribution in [1.82, 2.24) is 0 Å². The van der Waals surface area contributed by atoms with Crippen LogP contribution >= 0.6 is 0 Å². The molecule has 0 fully saturated rings. The number of Topliss-reactive ketones (excluding diaryl/α,β-unsaturated/α-hetero) is 1. The molecule has 0 atom stereocenters. The summed E-state index contributed by atoms with van der Waals surface area (Å²) < 4.78 is 4.65. The molecule has 0 aliphatic rings. The number of anilines is 2. The van der Waals surface area contributed by atoms with Gasteiger partial charge in [0.1, 0.15) is 0 Å². The number of carbonyl (C=O) groups excluding carboxylic acids is 2. The van der Waals surface area contributed by atoms with Crippen LogP contribution in [0.5, 0.6) is 0 Å². The second-order valence-electron chi connectivity index (χ2n) is 4.90. The minimum Gasteiger partial charge on any atom is -0.465 e. The first-order valence-corrected chi connectivity index (χ1v) is 6.83. The number of benzene rings is 2. The van der Waals surface area contributed by atoms with E-state index in [2.05, 4.69) is 10.1 Å². The van der Waals surface area contributed by atoms with Crippen molar-refractivity contribution in [3.8, 4) is 0 Å². The van der Waals surface area contributed by atoms with E-state index >= 15 is 0 Å². The first-order chi connectivity index (χ1) is 10.5. The third-order valence-corrected chi connectivity index (χ3v) is 3.32. The van der Waals surface area contributed by atoms with Crippen molar-refractivity contribution in [2.75, 3.05) is 18.2 Å². The summed E-state index contributed by atoms with van der Waals surface area (Å²) in [5, 5.41) is 3.19. The van der Waals surface area contributed by atoms with Gasteiger partial charge in [-0.05, 0) is 42.8 Å². The SMILES string of the molecule is COC(=O)c1ccc(CNc2cc(C(C)=O)ccc2N)cc1. The number of ketones is 1. The van der Waals surface area contributed by atoms with Gasteiger partial charge in [0.25, 0.3) is 0 Å². The Morgan fingerprint density at radius 2 is 1.73 bits per heavy atom. The first kappa shape index (κ1) is 15.6. The van der Waals surface area contributed by atoms with Crippen molar-refractivity contribution in [3.63, 3.8) is 0 Å². The Hall–Kier alpha value is -2.82. The number of nitrogens with two attached hydrogens (primary N) is 1. The number of hydrogen-bond donors (Lipinski definition) is 2. The summed E-state index contributed by atoms with van der Waals surface area (Å²) in [6.07, 6.45) is 0. The van der Waals surface area contributed by atoms with E-state index in [1.165, 1.54) is 14.0 Å². The molecule has 2 rings (SSSR count). The standard InChI is InChI=1S/C17H18N2O3/c1-11(20)14-7-8-15(18)16(9-14)19-10-12-3-5-13(6-4-12)17(21)22-2/h3-9,19H,10,18H2,1-2H3. The van der Waals surface area contributed by atoms with E-state index in [-0.39, 0.29) is 11.8 Å². The highest BCUT2D eigenvalue weighted by molar-refractivity contribution is 5.96. The average Bonchev–Trinajstić information content (AvgIpc) is 2.53. The zero-order valence-electron chi connectivity index (χ0n) is 12.6. The number of nitrogen functional groups attached to an aromatic ring is 1. The summed E-state index contributed by atoms with van der Waals surface area (Å²) >= 11 is 0. The van der Waals surface area contributed by atoms with Gasteiger partial charge >= 0.3 is 5.97 Å². The van der Waals surface area contributed by atoms with Crippen LogP contribution in [-0.2, 0) is 11.3 Å². The van der Waals surface area contributed by atoms with Crippen LogP contribution in [0.3, 0.4) is 0 Å². The van der Waals surface area contributed by atoms with Crippen molar-refractivity contribution in [2.24, 2.45) is 0 Å². The van der Waals surface area contributed by atoms with Gasteiger partial charge in [-0.15, -0.1) is 0 Å². The zero-order valence-corrected chi connectivity index (χ0v) is 12.6. The number of esters is 1. The maximum atomic E-state index is 11.4. The Balaban J connectivity index is 2.08. The summed E-state index contributed by atoms with van der Waals surface area (Å²) in [6, 6.07) is 12.2. The minimum atomic E-state index is -0.363. The molecule has 0 heterocycles. The van der Waals surface area contributed by atoms with E-state index in [0.29, 0.717) is 29.0 Å². The summed E-state index contributed by atoms with van der Waals surface area (Å²) in [6.45, 7) is 2.05. The second kappa shape index (κ2) is 6.76. The number of carbonyl (C=O) groups is 2. The summed E-state index contributed by atoms with van der Waals surface area (Å²) in [7, 11) is 1.35. The summed E-state index contributed by atoms with van der Waals surface area (Å²) in [5.74, 6) is -0.372. The fourth-order valence-electron chi connectivity index (χ4n) is 2.00. The molecule has 0 amide bonds. The van der Waals surface area contributed by atoms with Crippen molar-refractivity contribution < 1.29 is 14.3 Å². The molecule has 2 aromatic carbocycles. The van der Waals surface area contributed by atoms with Crippen LogP contribution < -0.4 is 11.1 Å². The largest absolute Gasteiger partial charge is 0.465 e. The average molecular weight is 298 g/mol. The van der Waals surface area contributed by atoms with Gasteiger partial charge < -0.3 is 15.8 Å². The molecule has 0 bridgehead atoms. The zero-order chi connectivity index (χ0) is 16.1. The predicted octanol–water partition coefficient (Wildman–Crippen LogP) is 2.87. The van der Waals surface area contributed by atoms with Gasteiger partial charge in [0.2, 0.25) is 0 Å². The van der Waals surface area contributed by atoms with Crippen LogP contribution in [0, 0.1) is 0 Å². The molecule has 3 N–H and O–H groups in total. The maximum absolute atomic E-state index is 11.4. The molecule has 0 saturated carbocycles. The molecular weight excluding hydrogens is 280 g/mol. The van der Waals surface area contributed by atoms with E-state index in [1.54, 1.807) is 30.3 Å². The molecule has 0 aliphatic heterocycles. The van der Waals surface area contributed by atoms with Gasteiger partial charge in [-0.3, -0.25) is 4.79 Å². The van der Waals surface area contributed by atoms with E-state index in [0.717, 1.165) is 5.56 Å². The number of hydrogen-bond acceptors (Lipinski definition) is 5. The smallest absolute Gasteiger partial charge is 0.337 e. The molecule has 5 heteroatoms. The van der Waals surface area contributed by atoms with Gasteiger partial charge in [0.05, 0.1) is 24.0 Å². The summed E-state index contributed by atoms with van der Waals surface area (Å²) in [5.41, 5.74) is 9.29. The third kappa shape index (κ3) is 3.63. The van der Waals surface area contributed by atoms with E-state index in [1.807, 2.05) is 12.1 Å². The molecule has 2 aromatic rings. The highest BCUT2D eigenvalue weighted by atomic mass is 16.5. The molecule has 0 aromatic heterocycles. The third-order valence-electron chi connectivity index (χ3n) is 3.32. The summed E-state index contributed by atoms with van der Waals surface area (Å²) in [4.78, 5) is 22.8. The second-order valence-corrected chi connectivity index (χ2v) is 4.90. The Kier molecular flexibility index (Phi) is 4.78. The number of rotatable bonds is 5. The molecule has 0 saturated heterocycles. The van der Waals surface area contributed by atoms with Crippen LogP contribution in [0.4, 0.5) is 11.4 Å². The number of nitrogens with one attached hydrogen (secondary N) is 1. The lowest BCUT2D eigenvalue weighted by Gasteiger charge is -2.11. The Morgan fingerprint density at radius 1 is 1.09 bits per heavy atom. The van der Waals surface area contributed by atoms with Crippen LogP contribution in [0.15, 0.2) is 42.5 Å². The lowest BCUT2D eigenvalue weighted by atomic mass is 10.1. The van der Waals surface area contributed by atoms with E-state index < -0.39 is 0 Å². The Labute approximate surface area is 129 Å². The molecule has 0 aliphatic carbocycles. The van der Waals surface area contributed by atoms with Crippen molar-refractivity contribution in [1.29, 1.82) is 0 Å². The minimum absolute atomic E-state index is 0.00881. The molecule has 5 nitrogen and oxygen atoms in total. The topological polar surface area (TPSA) is 81.4 Å². The first-order valence-electron chi connectivity index (χ1n) is 6.83. The highest BCUT2D eigenvalue weighted by Gasteiger charge is 2.06. The molecular formula is C17H18N2O3. The van der Waals surface area contributed by atoms with Crippen molar-refractivity contribution in [3.05, 3.63) is 59.2 Å². The Morgan fingerprint density at radius 3 is 2.32 bits per heavy atom. The highest BCUT2D eigenvalue weighted by Crippen LogP contribution is 2.21. The van der Waals surface area contributed by atoms with Gasteiger partial charge in [0.15, 0.2) is 5.78 Å². The van der Waals surface area contributed by atoms with Crippen LogP contribution in [0.25, 0.3) is 0 Å². The van der Waals surface area contributed by atoms with Crippen molar-refractivity contribution >= 4 is 23.1 Å². The molecule has 0 spiro atoms. The van der Waals surface area contributed by atoms with Gasteiger partial charge in [0, 0.05) is 12.1 Å². The lowest BCUT2D eigenvalue weighted by Crippen LogP contribution is -2.05. The number of methoxy groups -OCH3 is 1. The fourth-order valence-corrected chi connectivity index (χ4v) is 2.00. The number of ether oxygens (including phenoxy) is 1. The molecule has 22 heavy (non-hydrogen) atoms. The van der Waals surface area contributed by atoms with Crippen molar-refractivity contribution in [2.45, 2.75) is 13.5 Å². The van der Waals surface area contributed by atoms with E-state index in [4.69, 9.17) is 5.73 Å². The van der Waals surface area contributed by atoms with Gasteiger partial charge in [-0.1, -0.05) is 12.1 Å². The van der Waals surface area contributed by atoms with E-state index in [9.17, 15) is 9.59 Å². The lowest BCUT2D eigenvalue weighted by molar-refractivity contribution is 0.0600. The van der Waals surface area contributed by atoms with Gasteiger partial charge in [-0.2, -0.15) is 0 Å². The molecule has 0 unspecified atom stereocenters. The fraction of sp³-hybridized carbons (Fsp3) is 0.176. The predicted molar refractivity (Wildman–Crippen MR) is 86.0 cm³/mol. The van der Waals surface area contributed by atoms with Crippen LogP contribution in [0.1, 0.15) is 33.2 Å². The molecule has 0 radical (unpaired) electrons. The normalized spacial score (nSPS) is 10.1.